The zero-order chi connectivity index (χ0) is 16.9. The van der Waals surface area contributed by atoms with Crippen LogP contribution in [0.15, 0.2) is 24.7 Å². The van der Waals surface area contributed by atoms with Crippen LogP contribution in [0.3, 0.4) is 0 Å². The largest absolute Gasteiger partial charge is 0.301 e. The lowest BCUT2D eigenvalue weighted by molar-refractivity contribution is 0.139. The minimum atomic E-state index is 0.639. The highest BCUT2D eigenvalue weighted by atomic mass is 15.3. The first-order valence-corrected chi connectivity index (χ1v) is 9.24. The van der Waals surface area contributed by atoms with Gasteiger partial charge in [-0.2, -0.15) is 5.10 Å². The zero-order valence-electron chi connectivity index (χ0n) is 15.1. The second-order valence-electron chi connectivity index (χ2n) is 7.13. The molecule has 5 nitrogen and oxygen atoms in total. The van der Waals surface area contributed by atoms with Crippen LogP contribution in [-0.4, -0.2) is 43.8 Å². The van der Waals surface area contributed by atoms with E-state index < -0.39 is 0 Å². The van der Waals surface area contributed by atoms with Crippen molar-refractivity contribution in [2.45, 2.75) is 59.0 Å². The van der Waals surface area contributed by atoms with E-state index in [-0.39, 0.29) is 0 Å². The van der Waals surface area contributed by atoms with Crippen molar-refractivity contribution in [1.29, 1.82) is 0 Å². The third-order valence-electron chi connectivity index (χ3n) is 4.90. The molecule has 0 unspecified atom stereocenters. The molecule has 0 N–H and O–H groups in total. The second-order valence-corrected chi connectivity index (χ2v) is 7.13. The van der Waals surface area contributed by atoms with Crippen LogP contribution < -0.4 is 0 Å². The smallest absolute Gasteiger partial charge is 0.107 e. The maximum Gasteiger partial charge on any atom is 0.107 e. The fourth-order valence-electron chi connectivity index (χ4n) is 3.56. The van der Waals surface area contributed by atoms with Gasteiger partial charge in [-0.25, -0.2) is 0 Å². The Morgan fingerprint density at radius 3 is 2.83 bits per heavy atom. The predicted octanol–water partition coefficient (Wildman–Crippen LogP) is 3.41. The molecule has 5 heteroatoms. The zero-order valence-corrected chi connectivity index (χ0v) is 15.1. The Kier molecular flexibility index (Phi) is 5.61. The molecule has 1 saturated heterocycles. The fraction of sp³-hybridized carbons (Fsp3) is 0.632. The Morgan fingerprint density at radius 1 is 1.25 bits per heavy atom. The van der Waals surface area contributed by atoms with Crippen molar-refractivity contribution < 1.29 is 0 Å². The fourth-order valence-corrected chi connectivity index (χ4v) is 3.56. The second kappa shape index (κ2) is 7.88. The molecule has 0 amide bonds. The molecule has 0 radical (unpaired) electrons. The minimum Gasteiger partial charge on any atom is -0.301 e. The van der Waals surface area contributed by atoms with Crippen LogP contribution in [0.4, 0.5) is 0 Å². The summed E-state index contributed by atoms with van der Waals surface area (Å²) >= 11 is 0. The molecular weight excluding hydrogens is 298 g/mol. The maximum atomic E-state index is 4.68. The molecule has 1 aliphatic heterocycles. The standard InChI is InChI=1S/C19H29N5/c1-4-9-24-19(7-8-22-24)18-13-20-17(12-21-18)11-16-6-5-10-23(14-16)15(2)3/h7-8,12-13,15-16H,4-6,9-11,14H2,1-3H3/t16-/m0/s1. The van der Waals surface area contributed by atoms with Crippen LogP contribution >= 0.6 is 0 Å². The Hall–Kier alpha value is -1.75. The number of piperidine rings is 1. The van der Waals surface area contributed by atoms with Crippen LogP contribution in [0, 0.1) is 5.92 Å². The SMILES string of the molecule is CCCn1nccc1-c1cnc(C[C@@H]2CCCN(C(C)C)C2)cn1. The summed E-state index contributed by atoms with van der Waals surface area (Å²) < 4.78 is 2.01. The van der Waals surface area contributed by atoms with Gasteiger partial charge >= 0.3 is 0 Å². The van der Waals surface area contributed by atoms with Gasteiger partial charge in [0.25, 0.3) is 0 Å². The van der Waals surface area contributed by atoms with Crippen LogP contribution in [0.25, 0.3) is 11.4 Å². The Balaban J connectivity index is 1.65. The van der Waals surface area contributed by atoms with E-state index in [4.69, 9.17) is 0 Å². The number of hydrogen-bond donors (Lipinski definition) is 0. The van der Waals surface area contributed by atoms with E-state index in [2.05, 4.69) is 40.7 Å². The normalized spacial score (nSPS) is 19.1. The van der Waals surface area contributed by atoms with Gasteiger partial charge in [-0.1, -0.05) is 6.92 Å². The van der Waals surface area contributed by atoms with E-state index in [1.54, 1.807) is 0 Å². The monoisotopic (exact) mass is 327 g/mol. The molecular formula is C19H29N5. The Bertz CT molecular complexity index is 631. The molecule has 24 heavy (non-hydrogen) atoms. The van der Waals surface area contributed by atoms with Crippen molar-refractivity contribution in [3.05, 3.63) is 30.4 Å². The average molecular weight is 327 g/mol. The summed E-state index contributed by atoms with van der Waals surface area (Å²) in [7, 11) is 0. The molecule has 3 rings (SSSR count). The van der Waals surface area contributed by atoms with E-state index in [0.717, 1.165) is 36.5 Å². The van der Waals surface area contributed by atoms with Gasteiger partial charge < -0.3 is 4.90 Å². The molecule has 1 aliphatic rings. The van der Waals surface area contributed by atoms with Crippen LogP contribution in [0.5, 0.6) is 0 Å². The van der Waals surface area contributed by atoms with Gasteiger partial charge in [-0.15, -0.1) is 0 Å². The van der Waals surface area contributed by atoms with E-state index in [9.17, 15) is 0 Å². The number of aryl methyl sites for hydroxylation is 1. The Morgan fingerprint density at radius 2 is 2.12 bits per heavy atom. The van der Waals surface area contributed by atoms with Crippen LogP contribution in [0.2, 0.25) is 0 Å². The summed E-state index contributed by atoms with van der Waals surface area (Å²) in [4.78, 5) is 11.9. The topological polar surface area (TPSA) is 46.8 Å². The molecule has 0 bridgehead atoms. The molecule has 2 aromatic rings. The summed E-state index contributed by atoms with van der Waals surface area (Å²) in [5.74, 6) is 0.701. The average Bonchev–Trinajstić information content (AvgIpc) is 3.04. The van der Waals surface area contributed by atoms with E-state index in [1.807, 2.05) is 29.3 Å². The minimum absolute atomic E-state index is 0.639. The van der Waals surface area contributed by atoms with Gasteiger partial charge in [0, 0.05) is 31.5 Å². The molecule has 0 aliphatic carbocycles. The lowest BCUT2D eigenvalue weighted by Crippen LogP contribution is -2.40. The van der Waals surface area contributed by atoms with Gasteiger partial charge in [0.05, 0.1) is 17.6 Å². The van der Waals surface area contributed by atoms with Gasteiger partial charge in [-0.05, 0) is 58.1 Å². The van der Waals surface area contributed by atoms with Gasteiger partial charge in [0.2, 0.25) is 0 Å². The van der Waals surface area contributed by atoms with E-state index >= 15 is 0 Å². The summed E-state index contributed by atoms with van der Waals surface area (Å²) in [6.07, 6.45) is 10.4. The molecule has 0 spiro atoms. The van der Waals surface area contributed by atoms with Crippen molar-refractivity contribution >= 4 is 0 Å². The molecule has 130 valence electrons. The number of likely N-dealkylation sites (tertiary alicyclic amines) is 1. The lowest BCUT2D eigenvalue weighted by atomic mass is 9.93. The molecule has 1 atom stereocenters. The third-order valence-corrected chi connectivity index (χ3v) is 4.90. The Labute approximate surface area is 145 Å². The van der Waals surface area contributed by atoms with Crippen molar-refractivity contribution in [3.8, 4) is 11.4 Å². The number of hydrogen-bond acceptors (Lipinski definition) is 4. The van der Waals surface area contributed by atoms with Gasteiger partial charge in [-0.3, -0.25) is 14.6 Å². The first-order valence-electron chi connectivity index (χ1n) is 9.24. The first-order chi connectivity index (χ1) is 11.7. The van der Waals surface area contributed by atoms with E-state index in [1.165, 1.54) is 25.9 Å². The van der Waals surface area contributed by atoms with Crippen molar-refractivity contribution in [3.63, 3.8) is 0 Å². The summed E-state index contributed by atoms with van der Waals surface area (Å²) in [5.41, 5.74) is 3.08. The lowest BCUT2D eigenvalue weighted by Gasteiger charge is -2.35. The van der Waals surface area contributed by atoms with E-state index in [0.29, 0.717) is 12.0 Å². The highest BCUT2D eigenvalue weighted by molar-refractivity contribution is 5.52. The highest BCUT2D eigenvalue weighted by Gasteiger charge is 2.22. The number of rotatable bonds is 6. The predicted molar refractivity (Wildman–Crippen MR) is 96.7 cm³/mol. The summed E-state index contributed by atoms with van der Waals surface area (Å²) in [5, 5.41) is 4.37. The van der Waals surface area contributed by atoms with Gasteiger partial charge in [0.1, 0.15) is 5.69 Å². The molecule has 0 saturated carbocycles. The molecule has 2 aromatic heterocycles. The molecule has 3 heterocycles. The quantitative estimate of drug-likeness (QED) is 0.816. The molecule has 1 fully saturated rings. The maximum absolute atomic E-state index is 4.68. The van der Waals surface area contributed by atoms with Crippen molar-refractivity contribution in [2.75, 3.05) is 13.1 Å². The highest BCUT2D eigenvalue weighted by Crippen LogP contribution is 2.22. The van der Waals surface area contributed by atoms with Gasteiger partial charge in [0.15, 0.2) is 0 Å². The number of aromatic nitrogens is 4. The summed E-state index contributed by atoms with van der Waals surface area (Å²) in [6, 6.07) is 2.65. The summed E-state index contributed by atoms with van der Waals surface area (Å²) in [6.45, 7) is 10.1. The van der Waals surface area contributed by atoms with Crippen LogP contribution in [0.1, 0.15) is 45.7 Å². The van der Waals surface area contributed by atoms with Crippen molar-refractivity contribution in [1.82, 2.24) is 24.6 Å². The van der Waals surface area contributed by atoms with Crippen LogP contribution in [-0.2, 0) is 13.0 Å². The third kappa shape index (κ3) is 4.01. The number of nitrogens with zero attached hydrogens (tertiary/aromatic N) is 5. The first kappa shape index (κ1) is 17.1. The van der Waals surface area contributed by atoms with Crippen molar-refractivity contribution in [2.24, 2.45) is 5.92 Å². The molecule has 0 aromatic carbocycles.